The monoisotopic (exact) mass is 441 g/mol. The van der Waals surface area contributed by atoms with E-state index in [-0.39, 0.29) is 5.92 Å². The first kappa shape index (κ1) is 23.3. The Morgan fingerprint density at radius 2 is 1.91 bits per heavy atom. The molecule has 1 heterocycles. The van der Waals surface area contributed by atoms with Gasteiger partial charge in [-0.25, -0.2) is 0 Å². The van der Waals surface area contributed by atoms with Crippen LogP contribution in [0.1, 0.15) is 58.3 Å². The van der Waals surface area contributed by atoms with E-state index in [0.717, 1.165) is 77.1 Å². The van der Waals surface area contributed by atoms with Crippen LogP contribution < -0.4 is 0 Å². The van der Waals surface area contributed by atoms with Crippen molar-refractivity contribution in [2.45, 2.75) is 64.4 Å². The first-order valence-electron chi connectivity index (χ1n) is 12.6. The van der Waals surface area contributed by atoms with E-state index < -0.39 is 5.97 Å². The van der Waals surface area contributed by atoms with Gasteiger partial charge in [0.15, 0.2) is 0 Å². The van der Waals surface area contributed by atoms with Crippen LogP contribution in [-0.2, 0) is 14.3 Å². The highest BCUT2D eigenvalue weighted by molar-refractivity contribution is 5.70. The molecule has 1 aliphatic heterocycles. The SMILES string of the molecule is CCCOCC1CCC(OC2=CC=C3C=C(CN4CCC(C(=O)O)CC4)C=CC3C2)CC1. The first-order valence-corrected chi connectivity index (χ1v) is 12.6. The second-order valence-corrected chi connectivity index (χ2v) is 9.91. The summed E-state index contributed by atoms with van der Waals surface area (Å²) in [6.45, 7) is 6.60. The molecule has 5 nitrogen and oxygen atoms in total. The molecule has 4 aliphatic rings. The van der Waals surface area contributed by atoms with Crippen molar-refractivity contribution in [2.24, 2.45) is 17.8 Å². The molecule has 1 atom stereocenters. The van der Waals surface area contributed by atoms with Crippen LogP contribution in [0.25, 0.3) is 0 Å². The molecule has 0 spiro atoms. The van der Waals surface area contributed by atoms with Crippen molar-refractivity contribution < 1.29 is 19.4 Å². The molecule has 0 amide bonds. The number of piperidine rings is 1. The van der Waals surface area contributed by atoms with E-state index >= 15 is 0 Å². The third-order valence-corrected chi connectivity index (χ3v) is 7.36. The summed E-state index contributed by atoms with van der Waals surface area (Å²) in [5.41, 5.74) is 2.69. The number of carboxylic acid groups (broad SMARTS) is 1. The van der Waals surface area contributed by atoms with Gasteiger partial charge in [-0.1, -0.05) is 31.2 Å². The Hall–Kier alpha value is -1.85. The van der Waals surface area contributed by atoms with Crippen molar-refractivity contribution in [1.82, 2.24) is 4.90 Å². The Balaban J connectivity index is 1.24. The molecule has 0 aromatic rings. The van der Waals surface area contributed by atoms with E-state index in [0.29, 0.717) is 17.9 Å². The van der Waals surface area contributed by atoms with E-state index in [1.807, 2.05) is 0 Å². The Kier molecular flexibility index (Phi) is 8.26. The molecule has 1 N–H and O–H groups in total. The van der Waals surface area contributed by atoms with E-state index in [4.69, 9.17) is 9.47 Å². The van der Waals surface area contributed by atoms with Crippen LogP contribution in [0.5, 0.6) is 0 Å². The topological polar surface area (TPSA) is 59.0 Å². The molecule has 32 heavy (non-hydrogen) atoms. The molecule has 3 aliphatic carbocycles. The van der Waals surface area contributed by atoms with Crippen LogP contribution in [0.2, 0.25) is 0 Å². The van der Waals surface area contributed by atoms with Crippen molar-refractivity contribution >= 4 is 5.97 Å². The zero-order chi connectivity index (χ0) is 22.3. The molecule has 1 saturated carbocycles. The van der Waals surface area contributed by atoms with Crippen molar-refractivity contribution in [2.75, 3.05) is 32.8 Å². The van der Waals surface area contributed by atoms with Gasteiger partial charge in [0.1, 0.15) is 0 Å². The molecule has 1 unspecified atom stereocenters. The van der Waals surface area contributed by atoms with Gasteiger partial charge in [-0.05, 0) is 81.2 Å². The highest BCUT2D eigenvalue weighted by Crippen LogP contribution is 2.35. The van der Waals surface area contributed by atoms with Crippen molar-refractivity contribution in [3.05, 3.63) is 47.3 Å². The average Bonchev–Trinajstić information content (AvgIpc) is 2.81. The summed E-state index contributed by atoms with van der Waals surface area (Å²) in [6.07, 6.45) is 19.9. The van der Waals surface area contributed by atoms with Gasteiger partial charge in [-0.3, -0.25) is 9.69 Å². The summed E-state index contributed by atoms with van der Waals surface area (Å²) in [7, 11) is 0. The molecule has 2 fully saturated rings. The van der Waals surface area contributed by atoms with Crippen molar-refractivity contribution in [1.29, 1.82) is 0 Å². The van der Waals surface area contributed by atoms with Crippen molar-refractivity contribution in [3.8, 4) is 0 Å². The van der Waals surface area contributed by atoms with Crippen LogP contribution in [0, 0.1) is 17.8 Å². The molecule has 176 valence electrons. The van der Waals surface area contributed by atoms with Gasteiger partial charge in [-0.15, -0.1) is 0 Å². The number of carboxylic acids is 1. The van der Waals surface area contributed by atoms with Crippen LogP contribution in [-0.4, -0.2) is 54.9 Å². The fourth-order valence-electron chi connectivity index (χ4n) is 5.36. The van der Waals surface area contributed by atoms with Gasteiger partial charge < -0.3 is 14.6 Å². The number of aliphatic carboxylic acids is 1. The number of rotatable bonds is 9. The van der Waals surface area contributed by atoms with E-state index in [9.17, 15) is 9.90 Å². The summed E-state index contributed by atoms with van der Waals surface area (Å²) in [5, 5.41) is 9.18. The number of hydrogen-bond acceptors (Lipinski definition) is 4. The van der Waals surface area contributed by atoms with Gasteiger partial charge in [0, 0.05) is 32.1 Å². The molecule has 0 aromatic carbocycles. The lowest BCUT2D eigenvalue weighted by Crippen LogP contribution is -2.37. The minimum absolute atomic E-state index is 0.166. The first-order chi connectivity index (χ1) is 15.6. The predicted molar refractivity (Wildman–Crippen MR) is 126 cm³/mol. The highest BCUT2D eigenvalue weighted by Gasteiger charge is 2.27. The summed E-state index contributed by atoms with van der Waals surface area (Å²) in [6, 6.07) is 0. The number of nitrogens with zero attached hydrogens (tertiary/aromatic N) is 1. The lowest BCUT2D eigenvalue weighted by atomic mass is 9.84. The third-order valence-electron chi connectivity index (χ3n) is 7.36. The van der Waals surface area contributed by atoms with E-state index in [1.165, 1.54) is 24.0 Å². The van der Waals surface area contributed by atoms with Gasteiger partial charge in [0.05, 0.1) is 17.8 Å². The van der Waals surface area contributed by atoms with Gasteiger partial charge in [-0.2, -0.15) is 0 Å². The molecule has 0 radical (unpaired) electrons. The summed E-state index contributed by atoms with van der Waals surface area (Å²) < 4.78 is 12.1. The molecular weight excluding hydrogens is 402 g/mol. The predicted octanol–water partition coefficient (Wildman–Crippen LogP) is 5.11. The average molecular weight is 442 g/mol. The number of fused-ring (bicyclic) bond motifs is 1. The van der Waals surface area contributed by atoms with Crippen LogP contribution in [0.4, 0.5) is 0 Å². The second kappa shape index (κ2) is 11.3. The number of allylic oxidation sites excluding steroid dienone is 6. The Labute approximate surface area is 192 Å². The highest BCUT2D eigenvalue weighted by atomic mass is 16.5. The number of hydrogen-bond donors (Lipinski definition) is 1. The summed E-state index contributed by atoms with van der Waals surface area (Å²) in [4.78, 5) is 13.5. The maximum absolute atomic E-state index is 11.2. The zero-order valence-electron chi connectivity index (χ0n) is 19.5. The summed E-state index contributed by atoms with van der Waals surface area (Å²) >= 11 is 0. The minimum Gasteiger partial charge on any atom is -0.495 e. The number of ether oxygens (including phenoxy) is 2. The van der Waals surface area contributed by atoms with Crippen LogP contribution in [0.15, 0.2) is 47.3 Å². The van der Waals surface area contributed by atoms with E-state index in [2.05, 4.69) is 42.2 Å². The number of likely N-dealkylation sites (tertiary alicyclic amines) is 1. The smallest absolute Gasteiger partial charge is 0.306 e. The fraction of sp³-hybridized carbons (Fsp3) is 0.667. The lowest BCUT2D eigenvalue weighted by Gasteiger charge is -2.33. The molecule has 1 saturated heterocycles. The summed E-state index contributed by atoms with van der Waals surface area (Å²) in [5.74, 6) is 1.43. The number of carbonyl (C=O) groups is 1. The maximum atomic E-state index is 11.2. The Morgan fingerprint density at radius 1 is 1.12 bits per heavy atom. The molecule has 0 aromatic heterocycles. The molecule has 4 rings (SSSR count). The molecule has 5 heteroatoms. The normalized spacial score (nSPS) is 29.0. The maximum Gasteiger partial charge on any atom is 0.306 e. The van der Waals surface area contributed by atoms with Crippen LogP contribution >= 0.6 is 0 Å². The van der Waals surface area contributed by atoms with Gasteiger partial charge >= 0.3 is 5.97 Å². The standard InChI is InChI=1S/C27H39NO4/c1-2-15-31-19-20-4-8-25(9-5-20)32-26-10-7-23-16-21(3-6-24(23)17-26)18-28-13-11-22(12-14-28)27(29)30/h3,6-7,10,16,20,22,24-25H,2,4-5,8-9,11-15,17-19H2,1H3,(H,29,30). The minimum atomic E-state index is -0.643. The Morgan fingerprint density at radius 3 is 2.62 bits per heavy atom. The third kappa shape index (κ3) is 6.35. The fourth-order valence-corrected chi connectivity index (χ4v) is 5.36. The molecule has 0 bridgehead atoms. The largest absolute Gasteiger partial charge is 0.495 e. The van der Waals surface area contributed by atoms with Gasteiger partial charge in [0.2, 0.25) is 0 Å². The van der Waals surface area contributed by atoms with Crippen molar-refractivity contribution in [3.63, 3.8) is 0 Å². The van der Waals surface area contributed by atoms with Crippen LogP contribution in [0.3, 0.4) is 0 Å². The quantitative estimate of drug-likeness (QED) is 0.504. The molecular formula is C27H39NO4. The second-order valence-electron chi connectivity index (χ2n) is 9.91. The zero-order valence-corrected chi connectivity index (χ0v) is 19.5. The Bertz CT molecular complexity index is 765. The lowest BCUT2D eigenvalue weighted by molar-refractivity contribution is -0.143. The van der Waals surface area contributed by atoms with Gasteiger partial charge in [0.25, 0.3) is 0 Å². The van der Waals surface area contributed by atoms with E-state index in [1.54, 1.807) is 0 Å².